The Balaban J connectivity index is 1.95. The van der Waals surface area contributed by atoms with Crippen LogP contribution in [-0.4, -0.2) is 56.4 Å². The van der Waals surface area contributed by atoms with Crippen molar-refractivity contribution < 1.29 is 32.3 Å². The van der Waals surface area contributed by atoms with Gasteiger partial charge in [-0.05, 0) is 61.1 Å². The zero-order valence-corrected chi connectivity index (χ0v) is 19.5. The third-order valence-corrected chi connectivity index (χ3v) is 6.41. The van der Waals surface area contributed by atoms with Crippen LogP contribution in [0.1, 0.15) is 34.6 Å². The van der Waals surface area contributed by atoms with Gasteiger partial charge in [0, 0.05) is 25.8 Å². The first-order chi connectivity index (χ1) is 16.0. The summed E-state index contributed by atoms with van der Waals surface area (Å²) in [5, 5.41) is 0. The summed E-state index contributed by atoms with van der Waals surface area (Å²) in [4.78, 5) is 39.2. The Morgan fingerprint density at radius 3 is 2.29 bits per heavy atom. The molecule has 1 aliphatic rings. The fourth-order valence-electron chi connectivity index (χ4n) is 4.41. The zero-order chi connectivity index (χ0) is 25.2. The van der Waals surface area contributed by atoms with E-state index in [1.807, 2.05) is 19.1 Å². The molecule has 2 amide bonds. The van der Waals surface area contributed by atoms with E-state index >= 15 is 0 Å². The molecule has 182 valence electrons. The van der Waals surface area contributed by atoms with Crippen molar-refractivity contribution in [2.45, 2.75) is 44.3 Å². The summed E-state index contributed by atoms with van der Waals surface area (Å²) in [6, 6.07) is 9.88. The SMILES string of the molecule is COc1ccc(C(C=O)C(=O)N(C)c2ccc(C)cc2)c2c1C[C@@H](N(C)C(=O)C(F)(F)F)CC2. The maximum Gasteiger partial charge on any atom is 0.471 e. The molecule has 1 unspecified atom stereocenters. The number of ether oxygens (including phenoxy) is 1. The first-order valence-corrected chi connectivity index (χ1v) is 10.8. The standard InChI is InChI=1S/C25H27F3N2O4/c1-15-5-7-16(8-6-15)29(2)23(32)21(14-31)19-11-12-22(34-4)20-13-17(9-10-18(19)20)30(3)24(33)25(26,27)28/h5-8,11-12,14,17,21H,9-10,13H2,1-4H3/t17-,21?/m0/s1. The van der Waals surface area contributed by atoms with Crippen LogP contribution in [0.4, 0.5) is 18.9 Å². The van der Waals surface area contributed by atoms with Crippen LogP contribution in [-0.2, 0) is 27.2 Å². The molecule has 0 fully saturated rings. The number of amides is 2. The molecule has 0 bridgehead atoms. The number of carbonyl (C=O) groups excluding carboxylic acids is 3. The first kappa shape index (κ1) is 25.3. The third kappa shape index (κ3) is 4.93. The number of halogens is 3. The Morgan fingerprint density at radius 2 is 1.74 bits per heavy atom. The van der Waals surface area contributed by atoms with Gasteiger partial charge in [-0.25, -0.2) is 0 Å². The van der Waals surface area contributed by atoms with Crippen LogP contribution in [0.2, 0.25) is 0 Å². The van der Waals surface area contributed by atoms with Crippen LogP contribution in [0, 0.1) is 6.92 Å². The number of hydrogen-bond acceptors (Lipinski definition) is 4. The average Bonchev–Trinajstić information content (AvgIpc) is 2.82. The van der Waals surface area contributed by atoms with Crippen LogP contribution < -0.4 is 9.64 Å². The fraction of sp³-hybridized carbons (Fsp3) is 0.400. The number of alkyl halides is 3. The molecule has 2 atom stereocenters. The van der Waals surface area contributed by atoms with E-state index in [0.29, 0.717) is 45.7 Å². The second-order valence-corrected chi connectivity index (χ2v) is 8.47. The molecule has 3 rings (SSSR count). The van der Waals surface area contributed by atoms with Crippen molar-refractivity contribution in [1.29, 1.82) is 0 Å². The number of methoxy groups -OCH3 is 1. The second kappa shape index (κ2) is 9.87. The van der Waals surface area contributed by atoms with Gasteiger partial charge in [0.1, 0.15) is 18.0 Å². The molecule has 0 saturated carbocycles. The van der Waals surface area contributed by atoms with E-state index in [0.717, 1.165) is 12.6 Å². The first-order valence-electron chi connectivity index (χ1n) is 10.8. The van der Waals surface area contributed by atoms with E-state index in [-0.39, 0.29) is 12.8 Å². The summed E-state index contributed by atoms with van der Waals surface area (Å²) < 4.78 is 44.2. The van der Waals surface area contributed by atoms with Gasteiger partial charge < -0.3 is 19.3 Å². The second-order valence-electron chi connectivity index (χ2n) is 8.47. The molecule has 9 heteroatoms. The summed E-state index contributed by atoms with van der Waals surface area (Å²) in [6.07, 6.45) is -3.69. The van der Waals surface area contributed by atoms with Gasteiger partial charge in [-0.1, -0.05) is 23.8 Å². The van der Waals surface area contributed by atoms with Gasteiger partial charge in [0.2, 0.25) is 5.91 Å². The van der Waals surface area contributed by atoms with Gasteiger partial charge in [0.25, 0.3) is 0 Å². The van der Waals surface area contributed by atoms with Crippen molar-refractivity contribution >= 4 is 23.8 Å². The van der Waals surface area contributed by atoms with E-state index in [1.54, 1.807) is 31.3 Å². The number of aldehydes is 1. The summed E-state index contributed by atoms with van der Waals surface area (Å²) in [5.74, 6) is -2.97. The van der Waals surface area contributed by atoms with Crippen LogP contribution >= 0.6 is 0 Å². The number of carbonyl (C=O) groups is 3. The highest BCUT2D eigenvalue weighted by molar-refractivity contribution is 6.06. The van der Waals surface area contributed by atoms with Gasteiger partial charge in [0.15, 0.2) is 0 Å². The lowest BCUT2D eigenvalue weighted by molar-refractivity contribution is -0.186. The molecule has 2 aromatic rings. The van der Waals surface area contributed by atoms with Crippen LogP contribution in [0.15, 0.2) is 36.4 Å². The normalized spacial score (nSPS) is 16.3. The molecule has 0 N–H and O–H groups in total. The quantitative estimate of drug-likeness (QED) is 0.470. The molecule has 1 aliphatic carbocycles. The van der Waals surface area contributed by atoms with E-state index in [4.69, 9.17) is 4.74 Å². The molecule has 0 radical (unpaired) electrons. The van der Waals surface area contributed by atoms with Crippen LogP contribution in [0.5, 0.6) is 5.75 Å². The number of likely N-dealkylation sites (N-methyl/N-ethyl adjacent to an activating group) is 2. The lowest BCUT2D eigenvalue weighted by atomic mass is 9.80. The molecule has 6 nitrogen and oxygen atoms in total. The van der Waals surface area contributed by atoms with Crippen molar-refractivity contribution in [3.8, 4) is 5.75 Å². The molecule has 34 heavy (non-hydrogen) atoms. The maximum atomic E-state index is 13.3. The van der Waals surface area contributed by atoms with E-state index in [2.05, 4.69) is 0 Å². The number of aryl methyl sites for hydroxylation is 1. The Bertz CT molecular complexity index is 1080. The van der Waals surface area contributed by atoms with E-state index in [1.165, 1.54) is 12.0 Å². The van der Waals surface area contributed by atoms with Gasteiger partial charge in [-0.3, -0.25) is 9.59 Å². The summed E-state index contributed by atoms with van der Waals surface area (Å²) in [7, 11) is 4.17. The highest BCUT2D eigenvalue weighted by atomic mass is 19.4. The van der Waals surface area contributed by atoms with Crippen molar-refractivity contribution in [3.05, 3.63) is 58.7 Å². The number of fused-ring (bicyclic) bond motifs is 1. The molecule has 0 heterocycles. The van der Waals surface area contributed by atoms with Crippen LogP contribution in [0.3, 0.4) is 0 Å². The molecular formula is C25H27F3N2O4. The van der Waals surface area contributed by atoms with E-state index < -0.39 is 30.0 Å². The molecular weight excluding hydrogens is 449 g/mol. The third-order valence-electron chi connectivity index (χ3n) is 6.41. The van der Waals surface area contributed by atoms with Gasteiger partial charge >= 0.3 is 12.1 Å². The van der Waals surface area contributed by atoms with Gasteiger partial charge in [0.05, 0.1) is 7.11 Å². The lowest BCUT2D eigenvalue weighted by Gasteiger charge is -2.35. The average molecular weight is 476 g/mol. The lowest BCUT2D eigenvalue weighted by Crippen LogP contribution is -2.47. The van der Waals surface area contributed by atoms with Crippen molar-refractivity contribution in [2.75, 3.05) is 26.1 Å². The Morgan fingerprint density at radius 1 is 1.09 bits per heavy atom. The number of nitrogens with zero attached hydrogens (tertiary/aromatic N) is 2. The summed E-state index contributed by atoms with van der Waals surface area (Å²) in [6.45, 7) is 1.93. The smallest absolute Gasteiger partial charge is 0.471 e. The monoisotopic (exact) mass is 476 g/mol. The topological polar surface area (TPSA) is 66.9 Å². The predicted octanol–water partition coefficient (Wildman–Crippen LogP) is 3.83. The van der Waals surface area contributed by atoms with Crippen molar-refractivity contribution in [1.82, 2.24) is 4.90 Å². The fourth-order valence-corrected chi connectivity index (χ4v) is 4.41. The van der Waals surface area contributed by atoms with Gasteiger partial charge in [-0.2, -0.15) is 13.2 Å². The van der Waals surface area contributed by atoms with Crippen LogP contribution in [0.25, 0.3) is 0 Å². The minimum atomic E-state index is -4.96. The Hall–Kier alpha value is -3.36. The van der Waals surface area contributed by atoms with Crippen molar-refractivity contribution in [2.24, 2.45) is 0 Å². The summed E-state index contributed by atoms with van der Waals surface area (Å²) in [5.41, 5.74) is 3.47. The minimum absolute atomic E-state index is 0.123. The molecule has 0 spiro atoms. The van der Waals surface area contributed by atoms with Crippen molar-refractivity contribution in [3.63, 3.8) is 0 Å². The number of anilines is 1. The number of hydrogen-bond donors (Lipinski definition) is 0. The number of rotatable bonds is 6. The highest BCUT2D eigenvalue weighted by Crippen LogP contribution is 2.37. The van der Waals surface area contributed by atoms with Gasteiger partial charge in [-0.15, -0.1) is 0 Å². The predicted molar refractivity (Wildman–Crippen MR) is 121 cm³/mol. The molecule has 0 saturated heterocycles. The highest BCUT2D eigenvalue weighted by Gasteiger charge is 2.44. The molecule has 0 aliphatic heterocycles. The largest absolute Gasteiger partial charge is 0.496 e. The summed E-state index contributed by atoms with van der Waals surface area (Å²) >= 11 is 0. The Labute approximate surface area is 196 Å². The Kier molecular flexibility index (Phi) is 7.33. The maximum absolute atomic E-state index is 13.3. The molecule has 0 aromatic heterocycles. The molecule has 2 aromatic carbocycles. The minimum Gasteiger partial charge on any atom is -0.496 e. The zero-order valence-electron chi connectivity index (χ0n) is 19.5. The number of benzene rings is 2. The van der Waals surface area contributed by atoms with E-state index in [9.17, 15) is 27.6 Å².